The fraction of sp³-hybridized carbons (Fsp3) is 0.381. The van der Waals surface area contributed by atoms with Gasteiger partial charge in [-0.05, 0) is 48.2 Å². The van der Waals surface area contributed by atoms with E-state index < -0.39 is 33.0 Å². The predicted octanol–water partition coefficient (Wildman–Crippen LogP) is 5.37. The maximum Gasteiger partial charge on any atom is 0.516 e. The smallest absolute Gasteiger partial charge is 0.477 e. The average Bonchev–Trinajstić information content (AvgIpc) is 2.67. The van der Waals surface area contributed by atoms with Gasteiger partial charge in [0.1, 0.15) is 5.75 Å². The Morgan fingerprint density at radius 3 is 1.90 bits per heavy atom. The lowest BCUT2D eigenvalue weighted by atomic mass is 9.84. The minimum atomic E-state index is -5.91. The molecule has 10 heteroatoms. The quantitative estimate of drug-likeness (QED) is 0.582. The molecule has 2 aromatic rings. The first-order valence-corrected chi connectivity index (χ1v) is 11.2. The fourth-order valence-corrected chi connectivity index (χ4v) is 3.54. The number of alkyl halides is 3. The number of amides is 1. The lowest BCUT2D eigenvalue weighted by molar-refractivity contribution is -0.135. The van der Waals surface area contributed by atoms with Crippen molar-refractivity contribution in [3.05, 3.63) is 64.7 Å². The summed E-state index contributed by atoms with van der Waals surface area (Å²) in [5, 5.41) is 0.423. The lowest BCUT2D eigenvalue weighted by Crippen LogP contribution is -2.55. The lowest BCUT2D eigenvalue weighted by Gasteiger charge is -2.35. The van der Waals surface area contributed by atoms with E-state index in [-0.39, 0.29) is 11.7 Å². The average molecular weight is 478 g/mol. The molecule has 0 saturated heterocycles. The van der Waals surface area contributed by atoms with Gasteiger partial charge in [-0.25, -0.2) is 4.72 Å². The molecule has 0 aliphatic rings. The van der Waals surface area contributed by atoms with E-state index in [1.54, 1.807) is 55.5 Å². The highest BCUT2D eigenvalue weighted by molar-refractivity contribution is 7.90. The molecule has 0 spiro atoms. The van der Waals surface area contributed by atoms with Crippen molar-refractivity contribution in [2.75, 3.05) is 0 Å². The Balaban J connectivity index is 2.47. The summed E-state index contributed by atoms with van der Waals surface area (Å²) in [6, 6.07) is 13.0. The number of benzene rings is 2. The van der Waals surface area contributed by atoms with Gasteiger partial charge in [-0.3, -0.25) is 4.79 Å². The summed E-state index contributed by atoms with van der Waals surface area (Å²) in [7, 11) is -5.91. The van der Waals surface area contributed by atoms with Gasteiger partial charge in [-0.2, -0.15) is 21.6 Å². The van der Waals surface area contributed by atoms with Crippen molar-refractivity contribution in [3.8, 4) is 5.75 Å². The maximum absolute atomic E-state index is 12.8. The number of nitrogens with one attached hydrogen (secondary N) is 1. The minimum absolute atomic E-state index is 0.201. The molecule has 0 heterocycles. The monoisotopic (exact) mass is 477 g/mol. The molecule has 0 fully saturated rings. The van der Waals surface area contributed by atoms with Crippen LogP contribution in [0.2, 0.25) is 5.02 Å². The van der Waals surface area contributed by atoms with Crippen LogP contribution in [0, 0.1) is 0 Å². The van der Waals surface area contributed by atoms with Gasteiger partial charge in [0.05, 0.1) is 0 Å². The first kappa shape index (κ1) is 25.0. The molecule has 170 valence electrons. The maximum atomic E-state index is 12.8. The normalized spacial score (nSPS) is 15.3. The van der Waals surface area contributed by atoms with Crippen LogP contribution >= 0.6 is 11.6 Å². The third kappa shape index (κ3) is 5.71. The molecule has 0 unspecified atom stereocenters. The molecular formula is C21H23ClF3NO4S. The van der Waals surface area contributed by atoms with Crippen LogP contribution in [0.5, 0.6) is 5.75 Å². The molecule has 31 heavy (non-hydrogen) atoms. The van der Waals surface area contributed by atoms with Gasteiger partial charge < -0.3 is 4.74 Å². The number of carbonyl (C=O) groups is 1. The Morgan fingerprint density at radius 2 is 1.45 bits per heavy atom. The van der Waals surface area contributed by atoms with Gasteiger partial charge >= 0.3 is 15.5 Å². The number of ether oxygens (including phenoxy) is 1. The second-order valence-corrected chi connectivity index (χ2v) is 9.70. The third-order valence-electron chi connectivity index (χ3n) is 5.06. The number of sulfonamides is 1. The first-order chi connectivity index (χ1) is 14.2. The highest BCUT2D eigenvalue weighted by atomic mass is 35.5. The number of carbonyl (C=O) groups excluding carboxylic acids is 1. The predicted molar refractivity (Wildman–Crippen MR) is 113 cm³/mol. The van der Waals surface area contributed by atoms with Crippen LogP contribution in [-0.4, -0.2) is 25.4 Å². The van der Waals surface area contributed by atoms with Crippen LogP contribution in [0.1, 0.15) is 50.7 Å². The van der Waals surface area contributed by atoms with E-state index in [0.29, 0.717) is 10.6 Å². The van der Waals surface area contributed by atoms with Crippen LogP contribution in [0.25, 0.3) is 0 Å². The van der Waals surface area contributed by atoms with Crippen molar-refractivity contribution in [2.24, 2.45) is 0 Å². The topological polar surface area (TPSA) is 72.5 Å². The summed E-state index contributed by atoms with van der Waals surface area (Å²) >= 11 is 5.89. The van der Waals surface area contributed by atoms with Crippen molar-refractivity contribution in [1.82, 2.24) is 4.72 Å². The van der Waals surface area contributed by atoms with Gasteiger partial charge in [0, 0.05) is 10.9 Å². The van der Waals surface area contributed by atoms with E-state index >= 15 is 0 Å². The van der Waals surface area contributed by atoms with E-state index in [0.717, 1.165) is 10.3 Å². The molecule has 0 aromatic heterocycles. The molecule has 2 atom stereocenters. The zero-order chi connectivity index (χ0) is 23.6. The molecule has 2 rings (SSSR count). The van der Waals surface area contributed by atoms with E-state index in [4.69, 9.17) is 16.3 Å². The standard InChI is InChI=1S/C21H23ClF3NO4S/c1-13(2)15-7-11-18(12-8-15)30-20(4,14(3)16-5-9-17(22)10-6-16)19(27)26-31(28,29)21(23,24)25/h5-14H,1-4H3,(H,26,27)/t14-,20+/m1/s1. The Labute approximate surface area is 184 Å². The van der Waals surface area contributed by atoms with E-state index in [1.807, 2.05) is 13.8 Å². The second-order valence-electron chi connectivity index (χ2n) is 7.59. The van der Waals surface area contributed by atoms with Crippen molar-refractivity contribution >= 4 is 27.5 Å². The zero-order valence-corrected chi connectivity index (χ0v) is 18.9. The summed E-state index contributed by atoms with van der Waals surface area (Å²) in [5.41, 5.74) is -6.13. The third-order valence-corrected chi connectivity index (χ3v) is 6.37. The van der Waals surface area contributed by atoms with E-state index in [2.05, 4.69) is 0 Å². The fourth-order valence-electron chi connectivity index (χ4n) is 2.85. The highest BCUT2D eigenvalue weighted by Crippen LogP contribution is 2.35. The van der Waals surface area contributed by atoms with Gasteiger partial charge in [0.2, 0.25) is 0 Å². The molecular weight excluding hydrogens is 455 g/mol. The molecule has 0 aliphatic heterocycles. The number of hydrogen-bond donors (Lipinski definition) is 1. The van der Waals surface area contributed by atoms with Crippen molar-refractivity contribution in [3.63, 3.8) is 0 Å². The Hall–Kier alpha value is -2.26. The summed E-state index contributed by atoms with van der Waals surface area (Å²) in [6.07, 6.45) is 0. The molecule has 5 nitrogen and oxygen atoms in total. The number of hydrogen-bond acceptors (Lipinski definition) is 4. The first-order valence-electron chi connectivity index (χ1n) is 9.35. The largest absolute Gasteiger partial charge is 0.516 e. The molecule has 0 radical (unpaired) electrons. The van der Waals surface area contributed by atoms with Crippen molar-refractivity contribution in [2.45, 2.75) is 50.6 Å². The summed E-state index contributed by atoms with van der Waals surface area (Å²) in [5.74, 6) is -1.85. The van der Waals surface area contributed by atoms with Crippen LogP contribution in [0.4, 0.5) is 13.2 Å². The minimum Gasteiger partial charge on any atom is -0.477 e. The molecule has 0 bridgehead atoms. The molecule has 1 N–H and O–H groups in total. The molecule has 0 aliphatic carbocycles. The summed E-state index contributed by atoms with van der Waals surface area (Å²) in [6.45, 7) is 6.76. The zero-order valence-electron chi connectivity index (χ0n) is 17.3. The van der Waals surface area contributed by atoms with Gasteiger partial charge in [0.25, 0.3) is 5.91 Å². The molecule has 2 aromatic carbocycles. The van der Waals surface area contributed by atoms with Gasteiger partial charge in [-0.15, -0.1) is 0 Å². The van der Waals surface area contributed by atoms with Crippen molar-refractivity contribution in [1.29, 1.82) is 0 Å². The Morgan fingerprint density at radius 1 is 0.968 bits per heavy atom. The van der Waals surface area contributed by atoms with E-state index in [9.17, 15) is 26.4 Å². The SMILES string of the molecule is CC(C)c1ccc(O[C@](C)(C(=O)NS(=O)(=O)C(F)(F)F)[C@H](C)c2ccc(Cl)cc2)cc1. The molecule has 1 amide bonds. The molecule has 0 saturated carbocycles. The van der Waals surface area contributed by atoms with Crippen molar-refractivity contribution < 1.29 is 31.1 Å². The highest BCUT2D eigenvalue weighted by Gasteiger charge is 2.51. The number of halogens is 4. The van der Waals surface area contributed by atoms with Crippen LogP contribution in [-0.2, 0) is 14.8 Å². The van der Waals surface area contributed by atoms with Gasteiger partial charge in [0.15, 0.2) is 5.60 Å². The van der Waals surface area contributed by atoms with Crippen LogP contribution in [0.15, 0.2) is 48.5 Å². The van der Waals surface area contributed by atoms with Gasteiger partial charge in [-0.1, -0.05) is 56.6 Å². The summed E-state index contributed by atoms with van der Waals surface area (Å²) < 4.78 is 68.6. The Bertz CT molecular complexity index is 1020. The van der Waals surface area contributed by atoms with Crippen LogP contribution in [0.3, 0.4) is 0 Å². The summed E-state index contributed by atoms with van der Waals surface area (Å²) in [4.78, 5) is 12.8. The Kier molecular flexibility index (Phi) is 7.32. The van der Waals surface area contributed by atoms with E-state index in [1.165, 1.54) is 6.92 Å². The van der Waals surface area contributed by atoms with Crippen LogP contribution < -0.4 is 9.46 Å². The number of rotatable bonds is 7. The second kappa shape index (κ2) is 9.08.